The molecule has 1 aromatic carbocycles. The molecule has 0 aliphatic heterocycles. The summed E-state index contributed by atoms with van der Waals surface area (Å²) in [7, 11) is 0. The molecule has 1 aliphatic rings. The van der Waals surface area contributed by atoms with Gasteiger partial charge in [-0.1, -0.05) is 25.7 Å². The number of hydrogen-bond donors (Lipinski definition) is 1. The summed E-state index contributed by atoms with van der Waals surface area (Å²) in [5.41, 5.74) is 1.81. The van der Waals surface area contributed by atoms with Crippen molar-refractivity contribution in [3.63, 3.8) is 0 Å². The van der Waals surface area contributed by atoms with E-state index in [1.165, 1.54) is 44.2 Å². The smallest absolute Gasteiger partial charge is 0.178 e. The molecule has 2 aromatic rings. The van der Waals surface area contributed by atoms with Gasteiger partial charge in [0.05, 0.1) is 11.0 Å². The van der Waals surface area contributed by atoms with Gasteiger partial charge in [0.1, 0.15) is 5.82 Å². The molecule has 0 atom stereocenters. The highest BCUT2D eigenvalue weighted by atomic mass is 32.1. The van der Waals surface area contributed by atoms with Gasteiger partial charge < -0.3 is 9.55 Å². The minimum Gasteiger partial charge on any atom is -0.330 e. The van der Waals surface area contributed by atoms with Crippen molar-refractivity contribution < 1.29 is 4.39 Å². The van der Waals surface area contributed by atoms with Crippen LogP contribution >= 0.6 is 12.2 Å². The molecule has 1 N–H and O–H groups in total. The van der Waals surface area contributed by atoms with Crippen LogP contribution in [-0.2, 0) is 6.54 Å². The molecule has 1 aromatic heterocycles. The second-order valence-corrected chi connectivity index (χ2v) is 5.92. The van der Waals surface area contributed by atoms with Crippen LogP contribution < -0.4 is 0 Å². The van der Waals surface area contributed by atoms with Crippen LogP contribution in [-0.4, -0.2) is 9.55 Å². The first-order valence-corrected chi connectivity index (χ1v) is 7.53. The number of H-pyrrole nitrogens is 1. The first-order valence-electron chi connectivity index (χ1n) is 7.12. The summed E-state index contributed by atoms with van der Waals surface area (Å²) in [6.45, 7) is 0.932. The predicted molar refractivity (Wildman–Crippen MR) is 78.3 cm³/mol. The highest BCUT2D eigenvalue weighted by Crippen LogP contribution is 2.29. The van der Waals surface area contributed by atoms with Crippen molar-refractivity contribution in [1.82, 2.24) is 9.55 Å². The molecule has 19 heavy (non-hydrogen) atoms. The van der Waals surface area contributed by atoms with E-state index in [2.05, 4.69) is 9.55 Å². The summed E-state index contributed by atoms with van der Waals surface area (Å²) < 4.78 is 16.0. The summed E-state index contributed by atoms with van der Waals surface area (Å²) in [5, 5.41) is 0. The predicted octanol–water partition coefficient (Wildman–Crippen LogP) is 4.81. The second-order valence-electron chi connectivity index (χ2n) is 5.54. The van der Waals surface area contributed by atoms with Crippen LogP contribution in [0.25, 0.3) is 11.0 Å². The van der Waals surface area contributed by atoms with E-state index in [9.17, 15) is 4.39 Å². The maximum atomic E-state index is 13.2. The number of benzene rings is 1. The van der Waals surface area contributed by atoms with E-state index in [-0.39, 0.29) is 5.82 Å². The lowest BCUT2D eigenvalue weighted by Crippen LogP contribution is -2.01. The molecule has 1 heterocycles. The lowest BCUT2D eigenvalue weighted by Gasteiger charge is -2.09. The van der Waals surface area contributed by atoms with E-state index in [1.54, 1.807) is 0 Å². The molecule has 0 saturated heterocycles. The fraction of sp³-hybridized carbons (Fsp3) is 0.533. The lowest BCUT2D eigenvalue weighted by atomic mass is 10.0. The Morgan fingerprint density at radius 1 is 1.32 bits per heavy atom. The van der Waals surface area contributed by atoms with E-state index in [0.717, 1.165) is 29.9 Å². The molecule has 2 nitrogen and oxygen atoms in total. The number of nitrogens with zero attached hydrogens (tertiary/aromatic N) is 1. The van der Waals surface area contributed by atoms with Crippen LogP contribution in [0.15, 0.2) is 18.2 Å². The molecule has 1 saturated carbocycles. The molecule has 1 fully saturated rings. The van der Waals surface area contributed by atoms with Crippen molar-refractivity contribution >= 4 is 23.3 Å². The maximum absolute atomic E-state index is 13.2. The number of aromatic amines is 1. The fourth-order valence-corrected chi connectivity index (χ4v) is 3.49. The number of nitrogens with one attached hydrogen (secondary N) is 1. The molecule has 0 spiro atoms. The number of hydrogen-bond acceptors (Lipinski definition) is 1. The van der Waals surface area contributed by atoms with Gasteiger partial charge in [0.2, 0.25) is 0 Å². The van der Waals surface area contributed by atoms with Gasteiger partial charge in [-0.3, -0.25) is 0 Å². The summed E-state index contributed by atoms with van der Waals surface area (Å²) >= 11 is 5.33. The highest BCUT2D eigenvalue weighted by Gasteiger charge is 2.14. The van der Waals surface area contributed by atoms with Crippen LogP contribution in [0, 0.1) is 16.5 Å². The Hall–Kier alpha value is -1.16. The van der Waals surface area contributed by atoms with Gasteiger partial charge in [-0.15, -0.1) is 0 Å². The van der Waals surface area contributed by atoms with Crippen LogP contribution in [0.5, 0.6) is 0 Å². The number of imidazole rings is 1. The third-order valence-electron chi connectivity index (χ3n) is 4.20. The van der Waals surface area contributed by atoms with Gasteiger partial charge in [-0.25, -0.2) is 4.39 Å². The number of halogens is 1. The summed E-state index contributed by atoms with van der Waals surface area (Å²) in [5.74, 6) is 0.693. The molecular formula is C15H19FN2S. The standard InChI is InChI=1S/C15H19FN2S/c16-12-7-8-14-13(10-12)17-15(19)18(14)9-3-6-11-4-1-2-5-11/h7-8,10-11H,1-6,9H2,(H,17,19). The zero-order valence-electron chi connectivity index (χ0n) is 11.0. The number of fused-ring (bicyclic) bond motifs is 1. The summed E-state index contributed by atoms with van der Waals surface area (Å²) in [4.78, 5) is 3.08. The molecule has 0 radical (unpaired) electrons. The summed E-state index contributed by atoms with van der Waals surface area (Å²) in [6.07, 6.45) is 8.03. The molecule has 0 bridgehead atoms. The Kier molecular flexibility index (Phi) is 3.69. The molecule has 0 amide bonds. The monoisotopic (exact) mass is 278 g/mol. The van der Waals surface area contributed by atoms with Crippen LogP contribution in [0.3, 0.4) is 0 Å². The molecular weight excluding hydrogens is 259 g/mol. The van der Waals surface area contributed by atoms with Crippen molar-refractivity contribution in [3.8, 4) is 0 Å². The molecule has 1 aliphatic carbocycles. The zero-order chi connectivity index (χ0) is 13.2. The molecule has 0 unspecified atom stereocenters. The van der Waals surface area contributed by atoms with Gasteiger partial charge in [0.15, 0.2) is 4.77 Å². The van der Waals surface area contributed by atoms with Gasteiger partial charge in [0.25, 0.3) is 0 Å². The lowest BCUT2D eigenvalue weighted by molar-refractivity contribution is 0.460. The van der Waals surface area contributed by atoms with Crippen LogP contribution in [0.4, 0.5) is 4.39 Å². The average Bonchev–Trinajstić information content (AvgIpc) is 2.98. The molecule has 3 rings (SSSR count). The summed E-state index contributed by atoms with van der Waals surface area (Å²) in [6, 6.07) is 4.82. The normalized spacial score (nSPS) is 16.5. The van der Waals surface area contributed by atoms with Gasteiger partial charge >= 0.3 is 0 Å². The van der Waals surface area contributed by atoms with E-state index >= 15 is 0 Å². The largest absolute Gasteiger partial charge is 0.330 e. The first-order chi connectivity index (χ1) is 9.24. The van der Waals surface area contributed by atoms with Crippen LogP contribution in [0.1, 0.15) is 38.5 Å². The average molecular weight is 278 g/mol. The van der Waals surface area contributed by atoms with Gasteiger partial charge in [0, 0.05) is 6.54 Å². The molecule has 4 heteroatoms. The Morgan fingerprint density at radius 3 is 2.89 bits per heavy atom. The quantitative estimate of drug-likeness (QED) is 0.796. The van der Waals surface area contributed by atoms with Crippen LogP contribution in [0.2, 0.25) is 0 Å². The highest BCUT2D eigenvalue weighted by molar-refractivity contribution is 7.71. The van der Waals surface area contributed by atoms with Crippen molar-refractivity contribution in [2.24, 2.45) is 5.92 Å². The third kappa shape index (κ3) is 2.73. The van der Waals surface area contributed by atoms with Crippen molar-refractivity contribution in [3.05, 3.63) is 28.8 Å². The molecule has 102 valence electrons. The minimum absolute atomic E-state index is 0.221. The fourth-order valence-electron chi connectivity index (χ4n) is 3.19. The van der Waals surface area contributed by atoms with Crippen molar-refractivity contribution in [2.45, 2.75) is 45.1 Å². The Labute approximate surface area is 117 Å². The van der Waals surface area contributed by atoms with Crippen molar-refractivity contribution in [1.29, 1.82) is 0 Å². The Bertz CT molecular complexity index is 623. The van der Waals surface area contributed by atoms with Crippen molar-refractivity contribution in [2.75, 3.05) is 0 Å². The number of aryl methyl sites for hydroxylation is 1. The second kappa shape index (κ2) is 5.45. The number of aromatic nitrogens is 2. The first kappa shape index (κ1) is 12.9. The van der Waals surface area contributed by atoms with E-state index in [1.807, 2.05) is 6.07 Å². The van der Waals surface area contributed by atoms with E-state index < -0.39 is 0 Å². The third-order valence-corrected chi connectivity index (χ3v) is 4.53. The Balaban J connectivity index is 1.73. The number of rotatable bonds is 4. The zero-order valence-corrected chi connectivity index (χ0v) is 11.8. The van der Waals surface area contributed by atoms with Gasteiger partial charge in [-0.05, 0) is 49.2 Å². The topological polar surface area (TPSA) is 20.7 Å². The van der Waals surface area contributed by atoms with E-state index in [0.29, 0.717) is 4.77 Å². The van der Waals surface area contributed by atoms with Gasteiger partial charge in [-0.2, -0.15) is 0 Å². The van der Waals surface area contributed by atoms with E-state index in [4.69, 9.17) is 12.2 Å². The Morgan fingerprint density at radius 2 is 2.11 bits per heavy atom. The minimum atomic E-state index is -0.221. The SMILES string of the molecule is Fc1ccc2c(c1)[nH]c(=S)n2CCCC1CCCC1. The maximum Gasteiger partial charge on any atom is 0.178 e.